The first-order valence-electron chi connectivity index (χ1n) is 5.89. The van der Waals surface area contributed by atoms with Gasteiger partial charge in [0.05, 0.1) is 19.8 Å². The maximum atomic E-state index is 11.6. The van der Waals surface area contributed by atoms with Crippen molar-refractivity contribution >= 4 is 13.8 Å². The van der Waals surface area contributed by atoms with Crippen molar-refractivity contribution in [1.82, 2.24) is 0 Å². The molecule has 0 spiro atoms. The maximum Gasteiger partial charge on any atom is 0.470 e. The van der Waals surface area contributed by atoms with Gasteiger partial charge < -0.3 is 29.1 Å². The summed E-state index contributed by atoms with van der Waals surface area (Å²) in [7, 11) is -4.86. The molecular weight excluding hydrogens is 295 g/mol. The van der Waals surface area contributed by atoms with E-state index in [0.29, 0.717) is 0 Å². The lowest BCUT2D eigenvalue weighted by Crippen LogP contribution is -2.34. The maximum absolute atomic E-state index is 11.6. The number of phosphoric acid groups is 1. The first kappa shape index (κ1) is 16.9. The fourth-order valence-electron chi connectivity index (χ4n) is 1.64. The molecule has 0 saturated carbocycles. The van der Waals surface area contributed by atoms with Crippen LogP contribution in [0.5, 0.6) is 0 Å². The Labute approximate surface area is 115 Å². The summed E-state index contributed by atoms with van der Waals surface area (Å²) in [4.78, 5) is 29.2. The molecule has 2 unspecified atom stereocenters. The van der Waals surface area contributed by atoms with Gasteiger partial charge >= 0.3 is 13.8 Å². The molecule has 0 aromatic rings. The molecule has 0 saturated heterocycles. The van der Waals surface area contributed by atoms with Gasteiger partial charge in [-0.05, 0) is 13.8 Å². The number of aliphatic hydroxyl groups is 1. The summed E-state index contributed by atoms with van der Waals surface area (Å²) in [6.45, 7) is 2.87. The standard InChI is InChI=1S/C10H17O9P/c1-3-16-8-7(6(5-11)19-20(13,14)15)18-10(12)9(8)17-4-2/h6-7,11H,3-5H2,1-2H3,(H2,13,14,15). The highest BCUT2D eigenvalue weighted by Crippen LogP contribution is 2.40. The van der Waals surface area contributed by atoms with Crippen molar-refractivity contribution in [3.63, 3.8) is 0 Å². The number of carbonyl (C=O) groups is 1. The molecule has 0 fully saturated rings. The number of carbonyl (C=O) groups excluding carboxylic acids is 1. The minimum Gasteiger partial charge on any atom is -0.490 e. The van der Waals surface area contributed by atoms with Crippen molar-refractivity contribution in [2.45, 2.75) is 26.1 Å². The van der Waals surface area contributed by atoms with Gasteiger partial charge in [0.1, 0.15) is 6.10 Å². The van der Waals surface area contributed by atoms with Gasteiger partial charge in [-0.1, -0.05) is 0 Å². The molecule has 0 aliphatic carbocycles. The van der Waals surface area contributed by atoms with Gasteiger partial charge in [0.15, 0.2) is 11.9 Å². The van der Waals surface area contributed by atoms with E-state index >= 15 is 0 Å². The highest BCUT2D eigenvalue weighted by molar-refractivity contribution is 7.46. The Hall–Kier alpha value is -1.12. The van der Waals surface area contributed by atoms with Gasteiger partial charge in [-0.15, -0.1) is 0 Å². The smallest absolute Gasteiger partial charge is 0.470 e. The molecule has 1 aliphatic rings. The summed E-state index contributed by atoms with van der Waals surface area (Å²) in [5, 5.41) is 9.16. The van der Waals surface area contributed by atoms with Crippen molar-refractivity contribution in [3.8, 4) is 0 Å². The number of ether oxygens (including phenoxy) is 3. The Morgan fingerprint density at radius 2 is 1.90 bits per heavy atom. The average Bonchev–Trinajstić information content (AvgIpc) is 2.65. The largest absolute Gasteiger partial charge is 0.490 e. The molecule has 10 heteroatoms. The van der Waals surface area contributed by atoms with Gasteiger partial charge in [-0.2, -0.15) is 0 Å². The predicted molar refractivity (Wildman–Crippen MR) is 64.2 cm³/mol. The molecule has 0 amide bonds. The average molecular weight is 312 g/mol. The van der Waals surface area contributed by atoms with Crippen molar-refractivity contribution < 1.29 is 43.0 Å². The zero-order chi connectivity index (χ0) is 15.3. The van der Waals surface area contributed by atoms with Crippen molar-refractivity contribution in [2.75, 3.05) is 19.8 Å². The summed E-state index contributed by atoms with van der Waals surface area (Å²) >= 11 is 0. The van der Waals surface area contributed by atoms with Crippen LogP contribution in [0.15, 0.2) is 11.5 Å². The van der Waals surface area contributed by atoms with Crippen LogP contribution in [0.4, 0.5) is 0 Å². The minimum absolute atomic E-state index is 0.0492. The second kappa shape index (κ2) is 7.05. The molecule has 3 N–H and O–H groups in total. The van der Waals surface area contributed by atoms with E-state index in [2.05, 4.69) is 4.52 Å². The Morgan fingerprint density at radius 3 is 2.35 bits per heavy atom. The molecule has 1 heterocycles. The number of esters is 1. The van der Waals surface area contributed by atoms with Gasteiger partial charge in [0.2, 0.25) is 5.76 Å². The lowest BCUT2D eigenvalue weighted by molar-refractivity contribution is -0.148. The van der Waals surface area contributed by atoms with Crippen LogP contribution in [0.3, 0.4) is 0 Å². The predicted octanol–water partition coefficient (Wildman–Crippen LogP) is -0.333. The first-order valence-corrected chi connectivity index (χ1v) is 7.42. The third-order valence-electron chi connectivity index (χ3n) is 2.28. The van der Waals surface area contributed by atoms with Crippen molar-refractivity contribution in [2.24, 2.45) is 0 Å². The van der Waals surface area contributed by atoms with Gasteiger partial charge in [0, 0.05) is 0 Å². The van der Waals surface area contributed by atoms with Crippen molar-refractivity contribution in [1.29, 1.82) is 0 Å². The Bertz CT molecular complexity index is 426. The quantitative estimate of drug-likeness (QED) is 0.407. The van der Waals surface area contributed by atoms with Crippen LogP contribution < -0.4 is 0 Å². The van der Waals surface area contributed by atoms with E-state index in [-0.39, 0.29) is 24.7 Å². The Balaban J connectivity index is 3.02. The van der Waals surface area contributed by atoms with E-state index in [1.165, 1.54) is 0 Å². The molecule has 0 aromatic carbocycles. The monoisotopic (exact) mass is 312 g/mol. The van der Waals surface area contributed by atoms with Crippen LogP contribution in [-0.4, -0.2) is 52.9 Å². The molecule has 2 atom stereocenters. The third kappa shape index (κ3) is 4.19. The molecule has 1 rings (SSSR count). The number of aliphatic hydroxyl groups excluding tert-OH is 1. The number of rotatable bonds is 8. The lowest BCUT2D eigenvalue weighted by atomic mass is 10.2. The molecule has 0 radical (unpaired) electrons. The van der Waals surface area contributed by atoms with Gasteiger partial charge in [0.25, 0.3) is 0 Å². The van der Waals surface area contributed by atoms with E-state index in [1.54, 1.807) is 13.8 Å². The summed E-state index contributed by atoms with van der Waals surface area (Å²) in [6.07, 6.45) is -2.74. The van der Waals surface area contributed by atoms with Gasteiger partial charge in [-0.25, -0.2) is 9.36 Å². The van der Waals surface area contributed by atoms with E-state index in [4.69, 9.17) is 29.1 Å². The van der Waals surface area contributed by atoms with Crippen LogP contribution >= 0.6 is 7.82 Å². The normalized spacial score (nSPS) is 20.9. The van der Waals surface area contributed by atoms with Crippen LogP contribution in [0, 0.1) is 0 Å². The van der Waals surface area contributed by atoms with E-state index in [1.807, 2.05) is 0 Å². The number of hydrogen-bond acceptors (Lipinski definition) is 7. The summed E-state index contributed by atoms with van der Waals surface area (Å²) in [5.74, 6) is -1.08. The highest BCUT2D eigenvalue weighted by atomic mass is 31.2. The van der Waals surface area contributed by atoms with Crippen molar-refractivity contribution in [3.05, 3.63) is 11.5 Å². The zero-order valence-electron chi connectivity index (χ0n) is 11.0. The topological polar surface area (TPSA) is 132 Å². The fourth-order valence-corrected chi connectivity index (χ4v) is 2.17. The second-order valence-electron chi connectivity index (χ2n) is 3.70. The highest BCUT2D eigenvalue weighted by Gasteiger charge is 2.44. The summed E-state index contributed by atoms with van der Waals surface area (Å²) < 4.78 is 30.4. The molecule has 116 valence electrons. The molecule has 20 heavy (non-hydrogen) atoms. The molecule has 0 bridgehead atoms. The SMILES string of the molecule is CCOC1=C(OCC)C(C(CO)OP(=O)(O)O)OC1=O. The summed E-state index contributed by atoms with van der Waals surface area (Å²) in [6, 6.07) is 0. The third-order valence-corrected chi connectivity index (χ3v) is 2.83. The molecule has 9 nitrogen and oxygen atoms in total. The lowest BCUT2D eigenvalue weighted by Gasteiger charge is -2.22. The fraction of sp³-hybridized carbons (Fsp3) is 0.700. The van der Waals surface area contributed by atoms with Gasteiger partial charge in [-0.3, -0.25) is 4.52 Å². The van der Waals surface area contributed by atoms with Crippen LogP contribution in [0.25, 0.3) is 0 Å². The van der Waals surface area contributed by atoms with Crippen LogP contribution in [-0.2, 0) is 28.1 Å². The number of hydrogen-bond donors (Lipinski definition) is 3. The summed E-state index contributed by atoms with van der Waals surface area (Å²) in [5.41, 5.74) is 0. The van der Waals surface area contributed by atoms with E-state index < -0.39 is 32.6 Å². The molecular formula is C10H17O9P. The minimum atomic E-state index is -4.86. The Kier molecular flexibility index (Phi) is 5.97. The number of cyclic esters (lactones) is 1. The zero-order valence-corrected chi connectivity index (χ0v) is 11.9. The second-order valence-corrected chi connectivity index (χ2v) is 4.89. The van der Waals surface area contributed by atoms with Crippen LogP contribution in [0.2, 0.25) is 0 Å². The Morgan fingerprint density at radius 1 is 1.30 bits per heavy atom. The van der Waals surface area contributed by atoms with E-state index in [0.717, 1.165) is 0 Å². The first-order chi connectivity index (χ1) is 9.34. The number of phosphoric ester groups is 1. The molecule has 0 aromatic heterocycles. The van der Waals surface area contributed by atoms with Crippen LogP contribution in [0.1, 0.15) is 13.8 Å². The van der Waals surface area contributed by atoms with E-state index in [9.17, 15) is 9.36 Å². The molecule has 1 aliphatic heterocycles.